The maximum Gasteiger partial charge on any atom is 0.272 e. The van der Waals surface area contributed by atoms with Crippen LogP contribution in [0.1, 0.15) is 43.0 Å². The number of rotatable bonds is 7. The van der Waals surface area contributed by atoms with E-state index in [0.717, 1.165) is 44.8 Å². The van der Waals surface area contributed by atoms with Crippen molar-refractivity contribution in [1.29, 1.82) is 0 Å². The Labute approximate surface area is 168 Å². The highest BCUT2D eigenvalue weighted by atomic mass is 16.2. The minimum atomic E-state index is 0.00686. The molecule has 0 unspecified atom stereocenters. The molecule has 1 aromatic heterocycles. The van der Waals surface area contributed by atoms with Gasteiger partial charge in [0.15, 0.2) is 0 Å². The number of benzene rings is 1. The van der Waals surface area contributed by atoms with Crippen LogP contribution in [0.2, 0.25) is 0 Å². The quantitative estimate of drug-likeness (QED) is 0.736. The van der Waals surface area contributed by atoms with Crippen LogP contribution in [0.3, 0.4) is 0 Å². The fourth-order valence-corrected chi connectivity index (χ4v) is 3.67. The van der Waals surface area contributed by atoms with E-state index in [2.05, 4.69) is 57.9 Å². The molecule has 2 aromatic rings. The summed E-state index contributed by atoms with van der Waals surface area (Å²) in [6.07, 6.45) is 2.10. The van der Waals surface area contributed by atoms with Crippen LogP contribution >= 0.6 is 0 Å². The molecule has 1 saturated heterocycles. The van der Waals surface area contributed by atoms with E-state index in [1.807, 2.05) is 24.0 Å². The Kier molecular flexibility index (Phi) is 6.85. The molecule has 0 bridgehead atoms. The zero-order chi connectivity index (χ0) is 19.9. The van der Waals surface area contributed by atoms with Gasteiger partial charge in [0.25, 0.3) is 5.91 Å². The van der Waals surface area contributed by atoms with E-state index in [9.17, 15) is 4.79 Å². The summed E-state index contributed by atoms with van der Waals surface area (Å²) < 4.78 is 0. The van der Waals surface area contributed by atoms with Gasteiger partial charge in [-0.15, -0.1) is 0 Å². The van der Waals surface area contributed by atoms with Gasteiger partial charge >= 0.3 is 0 Å². The van der Waals surface area contributed by atoms with Crippen molar-refractivity contribution in [3.05, 3.63) is 47.9 Å². The van der Waals surface area contributed by atoms with Gasteiger partial charge in [-0.1, -0.05) is 32.0 Å². The van der Waals surface area contributed by atoms with Gasteiger partial charge in [-0.05, 0) is 31.9 Å². The molecule has 28 heavy (non-hydrogen) atoms. The summed E-state index contributed by atoms with van der Waals surface area (Å²) in [5.41, 5.74) is 1.72. The molecule has 1 fully saturated rings. The molecule has 0 aliphatic carbocycles. The van der Waals surface area contributed by atoms with Gasteiger partial charge in [-0.2, -0.15) is 0 Å². The molecule has 2 heterocycles. The SMILES string of the molecule is CCCN(CCC)c1cc(C(=O)N2CCN(c3ccccc3)CC2)nc(C)n1. The molecule has 0 N–H and O–H groups in total. The van der Waals surface area contributed by atoms with Crippen LogP contribution < -0.4 is 9.80 Å². The molecule has 1 aliphatic heterocycles. The highest BCUT2D eigenvalue weighted by molar-refractivity contribution is 5.93. The molecule has 150 valence electrons. The number of hydrogen-bond donors (Lipinski definition) is 0. The number of aryl methyl sites for hydroxylation is 1. The fraction of sp³-hybridized carbons (Fsp3) is 0.500. The minimum Gasteiger partial charge on any atom is -0.368 e. The number of aromatic nitrogens is 2. The summed E-state index contributed by atoms with van der Waals surface area (Å²) in [5, 5.41) is 0. The van der Waals surface area contributed by atoms with Crippen molar-refractivity contribution in [3.8, 4) is 0 Å². The first kappa shape index (κ1) is 20.1. The molecule has 1 amide bonds. The van der Waals surface area contributed by atoms with Crippen molar-refractivity contribution >= 4 is 17.4 Å². The average molecular weight is 382 g/mol. The predicted octanol–water partition coefficient (Wildman–Crippen LogP) is 3.37. The molecule has 0 spiro atoms. The smallest absolute Gasteiger partial charge is 0.272 e. The lowest BCUT2D eigenvalue weighted by molar-refractivity contribution is 0.0740. The van der Waals surface area contributed by atoms with Crippen LogP contribution in [0.4, 0.5) is 11.5 Å². The predicted molar refractivity (Wildman–Crippen MR) is 114 cm³/mol. The third kappa shape index (κ3) is 4.80. The first-order chi connectivity index (χ1) is 13.6. The molecule has 3 rings (SSSR count). The Morgan fingerprint density at radius 1 is 1.00 bits per heavy atom. The van der Waals surface area contributed by atoms with Crippen molar-refractivity contribution in [3.63, 3.8) is 0 Å². The lowest BCUT2D eigenvalue weighted by Crippen LogP contribution is -2.49. The number of hydrogen-bond acceptors (Lipinski definition) is 5. The molecule has 0 radical (unpaired) electrons. The average Bonchev–Trinajstić information content (AvgIpc) is 2.73. The van der Waals surface area contributed by atoms with Gasteiger partial charge < -0.3 is 14.7 Å². The Morgan fingerprint density at radius 2 is 1.64 bits per heavy atom. The zero-order valence-corrected chi connectivity index (χ0v) is 17.3. The summed E-state index contributed by atoms with van der Waals surface area (Å²) >= 11 is 0. The molecule has 0 saturated carbocycles. The molecule has 1 aliphatic rings. The number of nitrogens with zero attached hydrogens (tertiary/aromatic N) is 5. The lowest BCUT2D eigenvalue weighted by Gasteiger charge is -2.36. The summed E-state index contributed by atoms with van der Waals surface area (Å²) in [7, 11) is 0. The number of para-hydroxylation sites is 1. The highest BCUT2D eigenvalue weighted by Crippen LogP contribution is 2.18. The van der Waals surface area contributed by atoms with Gasteiger partial charge in [0.1, 0.15) is 17.3 Å². The topological polar surface area (TPSA) is 52.6 Å². The van der Waals surface area contributed by atoms with Gasteiger partial charge in [0.05, 0.1) is 0 Å². The lowest BCUT2D eigenvalue weighted by atomic mass is 10.2. The van der Waals surface area contributed by atoms with Crippen molar-refractivity contribution in [2.24, 2.45) is 0 Å². The molecular weight excluding hydrogens is 350 g/mol. The molecule has 6 heteroatoms. The second-order valence-corrected chi connectivity index (χ2v) is 7.26. The minimum absolute atomic E-state index is 0.00686. The van der Waals surface area contributed by atoms with Crippen molar-refractivity contribution in [2.75, 3.05) is 49.1 Å². The Morgan fingerprint density at radius 3 is 2.25 bits per heavy atom. The highest BCUT2D eigenvalue weighted by Gasteiger charge is 2.24. The van der Waals surface area contributed by atoms with E-state index in [-0.39, 0.29) is 5.91 Å². The summed E-state index contributed by atoms with van der Waals surface area (Å²) in [6.45, 7) is 11.2. The van der Waals surface area contributed by atoms with Crippen LogP contribution in [-0.2, 0) is 0 Å². The fourth-order valence-electron chi connectivity index (χ4n) is 3.67. The molecular formula is C22H31N5O. The number of anilines is 2. The van der Waals surface area contributed by atoms with Crippen molar-refractivity contribution in [1.82, 2.24) is 14.9 Å². The third-order valence-corrected chi connectivity index (χ3v) is 5.04. The largest absolute Gasteiger partial charge is 0.368 e. The van der Waals surface area contributed by atoms with Crippen molar-refractivity contribution in [2.45, 2.75) is 33.6 Å². The van der Waals surface area contributed by atoms with Gasteiger partial charge in [-0.3, -0.25) is 4.79 Å². The second-order valence-electron chi connectivity index (χ2n) is 7.26. The van der Waals surface area contributed by atoms with Crippen molar-refractivity contribution < 1.29 is 4.79 Å². The van der Waals surface area contributed by atoms with Gasteiger partial charge in [-0.25, -0.2) is 9.97 Å². The van der Waals surface area contributed by atoms with E-state index >= 15 is 0 Å². The van der Waals surface area contributed by atoms with Crippen LogP contribution in [0.25, 0.3) is 0 Å². The van der Waals surface area contributed by atoms with E-state index in [1.54, 1.807) is 0 Å². The standard InChI is InChI=1S/C22H31N5O/c1-4-11-26(12-5-2)21-17-20(23-18(3)24-21)22(28)27-15-13-25(14-16-27)19-9-7-6-8-10-19/h6-10,17H,4-5,11-16H2,1-3H3. The maximum atomic E-state index is 13.1. The van der Waals surface area contributed by atoms with Gasteiger partial charge in [0.2, 0.25) is 0 Å². The Bertz CT molecular complexity index is 766. The van der Waals surface area contributed by atoms with E-state index < -0.39 is 0 Å². The first-order valence-electron chi connectivity index (χ1n) is 10.3. The molecule has 1 aromatic carbocycles. The van der Waals surface area contributed by atoms with E-state index in [1.165, 1.54) is 5.69 Å². The third-order valence-electron chi connectivity index (χ3n) is 5.04. The number of carbonyl (C=O) groups is 1. The van der Waals surface area contributed by atoms with Crippen LogP contribution in [0.15, 0.2) is 36.4 Å². The Balaban J connectivity index is 1.70. The van der Waals surface area contributed by atoms with Crippen LogP contribution in [-0.4, -0.2) is 60.0 Å². The summed E-state index contributed by atoms with van der Waals surface area (Å²) in [6, 6.07) is 12.2. The normalized spacial score (nSPS) is 14.2. The van der Waals surface area contributed by atoms with E-state index in [0.29, 0.717) is 24.6 Å². The van der Waals surface area contributed by atoms with Gasteiger partial charge in [0, 0.05) is 51.0 Å². The maximum absolute atomic E-state index is 13.1. The monoisotopic (exact) mass is 381 g/mol. The molecule has 0 atom stereocenters. The number of carbonyl (C=O) groups excluding carboxylic acids is 1. The van der Waals surface area contributed by atoms with E-state index in [4.69, 9.17) is 0 Å². The van der Waals surface area contributed by atoms with Crippen LogP contribution in [0, 0.1) is 6.92 Å². The first-order valence-corrected chi connectivity index (χ1v) is 10.3. The zero-order valence-electron chi connectivity index (χ0n) is 17.3. The summed E-state index contributed by atoms with van der Waals surface area (Å²) in [5.74, 6) is 1.52. The summed E-state index contributed by atoms with van der Waals surface area (Å²) in [4.78, 5) is 28.6. The second kappa shape index (κ2) is 9.53. The molecule has 6 nitrogen and oxygen atoms in total. The Hall–Kier alpha value is -2.63. The number of amides is 1. The number of piperazine rings is 1. The van der Waals surface area contributed by atoms with Crippen LogP contribution in [0.5, 0.6) is 0 Å².